The number of ether oxygens (including phenoxy) is 3. The van der Waals surface area contributed by atoms with E-state index >= 15 is 0 Å². The quantitative estimate of drug-likeness (QED) is 0.333. The second-order valence-electron chi connectivity index (χ2n) is 5.15. The summed E-state index contributed by atoms with van der Waals surface area (Å²) in [7, 11) is 3.07. The van der Waals surface area contributed by atoms with Gasteiger partial charge in [-0.1, -0.05) is 18.2 Å². The van der Waals surface area contributed by atoms with Crippen LogP contribution in [0.4, 0.5) is 0 Å². The molecule has 6 nitrogen and oxygen atoms in total. The van der Waals surface area contributed by atoms with Gasteiger partial charge >= 0.3 is 0 Å². The smallest absolute Gasteiger partial charge is 0.185 e. The predicted octanol–water partition coefficient (Wildman–Crippen LogP) is 2.91. The Morgan fingerprint density at radius 3 is 2.36 bits per heavy atom. The lowest BCUT2D eigenvalue weighted by molar-refractivity contribution is 0.104. The van der Waals surface area contributed by atoms with Gasteiger partial charge in [-0.3, -0.25) is 10.2 Å². The van der Waals surface area contributed by atoms with Gasteiger partial charge in [0.2, 0.25) is 0 Å². The standard InChI is InChI=1S/C19H20N2O4/c1-23-17-10-6-14(11-18(17)24-2)16(22)9-5-13-3-7-15(8-4-13)25-12-19(20)21/h3-11H,12H2,1-2H3,(H3,20,21)/b9-5-. The van der Waals surface area contributed by atoms with E-state index in [1.165, 1.54) is 13.2 Å². The molecule has 2 aromatic carbocycles. The average Bonchev–Trinajstić information content (AvgIpc) is 2.64. The average molecular weight is 340 g/mol. The van der Waals surface area contributed by atoms with Crippen LogP contribution in [-0.4, -0.2) is 32.4 Å². The van der Waals surface area contributed by atoms with E-state index in [4.69, 9.17) is 25.4 Å². The largest absolute Gasteiger partial charge is 0.493 e. The van der Waals surface area contributed by atoms with Crippen LogP contribution in [0.15, 0.2) is 48.5 Å². The Balaban J connectivity index is 2.05. The molecule has 3 N–H and O–H groups in total. The molecule has 0 aromatic heterocycles. The summed E-state index contributed by atoms with van der Waals surface area (Å²) in [5.41, 5.74) is 6.60. The number of allylic oxidation sites excluding steroid dienone is 1. The molecule has 0 aliphatic carbocycles. The number of hydrogen-bond acceptors (Lipinski definition) is 5. The van der Waals surface area contributed by atoms with E-state index in [1.807, 2.05) is 12.1 Å². The van der Waals surface area contributed by atoms with Crippen molar-refractivity contribution in [1.82, 2.24) is 0 Å². The van der Waals surface area contributed by atoms with Crippen LogP contribution in [0.25, 0.3) is 6.08 Å². The minimum Gasteiger partial charge on any atom is -0.493 e. The number of carbonyl (C=O) groups excluding carboxylic acids is 1. The Bertz CT molecular complexity index is 783. The molecule has 0 saturated carbocycles. The lowest BCUT2D eigenvalue weighted by Gasteiger charge is -2.08. The predicted molar refractivity (Wildman–Crippen MR) is 96.8 cm³/mol. The molecular formula is C19H20N2O4. The van der Waals surface area contributed by atoms with Crippen molar-refractivity contribution in [3.8, 4) is 17.2 Å². The van der Waals surface area contributed by atoms with E-state index in [0.29, 0.717) is 22.8 Å². The number of methoxy groups -OCH3 is 2. The van der Waals surface area contributed by atoms with E-state index in [0.717, 1.165) is 5.56 Å². The molecule has 0 spiro atoms. The van der Waals surface area contributed by atoms with Gasteiger partial charge in [-0.15, -0.1) is 0 Å². The Labute approximate surface area is 146 Å². The summed E-state index contributed by atoms with van der Waals surface area (Å²) in [6.07, 6.45) is 3.21. The first-order valence-electron chi connectivity index (χ1n) is 7.53. The molecule has 0 saturated heterocycles. The molecular weight excluding hydrogens is 320 g/mol. The molecule has 0 bridgehead atoms. The van der Waals surface area contributed by atoms with E-state index in [9.17, 15) is 4.79 Å². The van der Waals surface area contributed by atoms with Gasteiger partial charge in [0.25, 0.3) is 0 Å². The van der Waals surface area contributed by atoms with Gasteiger partial charge in [0.15, 0.2) is 17.3 Å². The van der Waals surface area contributed by atoms with Gasteiger partial charge < -0.3 is 19.9 Å². The van der Waals surface area contributed by atoms with Crippen molar-refractivity contribution in [2.45, 2.75) is 0 Å². The fourth-order valence-corrected chi connectivity index (χ4v) is 2.09. The molecule has 0 amide bonds. The third-order valence-corrected chi connectivity index (χ3v) is 3.37. The van der Waals surface area contributed by atoms with E-state index < -0.39 is 0 Å². The summed E-state index contributed by atoms with van der Waals surface area (Å²) in [5, 5.41) is 7.12. The molecule has 0 unspecified atom stereocenters. The summed E-state index contributed by atoms with van der Waals surface area (Å²) < 4.78 is 15.7. The highest BCUT2D eigenvalue weighted by molar-refractivity contribution is 6.07. The Morgan fingerprint density at radius 2 is 1.76 bits per heavy atom. The number of nitrogens with two attached hydrogens (primary N) is 1. The lowest BCUT2D eigenvalue weighted by Crippen LogP contribution is -2.19. The molecule has 0 radical (unpaired) electrons. The third-order valence-electron chi connectivity index (χ3n) is 3.37. The van der Waals surface area contributed by atoms with Crippen LogP contribution in [0.5, 0.6) is 17.2 Å². The summed E-state index contributed by atoms with van der Waals surface area (Å²) in [5.74, 6) is 1.51. The third kappa shape index (κ3) is 5.10. The van der Waals surface area contributed by atoms with Crippen LogP contribution in [0.3, 0.4) is 0 Å². The van der Waals surface area contributed by atoms with Crippen molar-refractivity contribution in [2.75, 3.05) is 20.8 Å². The van der Waals surface area contributed by atoms with Crippen LogP contribution in [0, 0.1) is 5.41 Å². The van der Waals surface area contributed by atoms with Crippen molar-refractivity contribution in [2.24, 2.45) is 5.73 Å². The lowest BCUT2D eigenvalue weighted by atomic mass is 10.1. The van der Waals surface area contributed by atoms with E-state index in [-0.39, 0.29) is 18.2 Å². The normalized spacial score (nSPS) is 10.5. The molecule has 0 aliphatic heterocycles. The fraction of sp³-hybridized carbons (Fsp3) is 0.158. The molecule has 25 heavy (non-hydrogen) atoms. The maximum atomic E-state index is 12.3. The van der Waals surface area contributed by atoms with Crippen LogP contribution in [0.2, 0.25) is 0 Å². The number of ketones is 1. The molecule has 0 fully saturated rings. The van der Waals surface area contributed by atoms with Crippen molar-refractivity contribution in [3.63, 3.8) is 0 Å². The Morgan fingerprint density at radius 1 is 1.08 bits per heavy atom. The Kier molecular flexibility index (Phi) is 6.17. The van der Waals surface area contributed by atoms with Crippen molar-refractivity contribution < 1.29 is 19.0 Å². The molecule has 0 aliphatic rings. The highest BCUT2D eigenvalue weighted by Gasteiger charge is 2.08. The van der Waals surface area contributed by atoms with Gasteiger partial charge in [-0.05, 0) is 42.0 Å². The minimum absolute atomic E-state index is 0.0375. The fourth-order valence-electron chi connectivity index (χ4n) is 2.09. The number of amidine groups is 1. The summed E-state index contributed by atoms with van der Waals surface area (Å²) in [4.78, 5) is 12.3. The van der Waals surface area contributed by atoms with Crippen molar-refractivity contribution in [3.05, 3.63) is 59.7 Å². The van der Waals surface area contributed by atoms with Crippen LogP contribution >= 0.6 is 0 Å². The van der Waals surface area contributed by atoms with Crippen LogP contribution in [0.1, 0.15) is 15.9 Å². The van der Waals surface area contributed by atoms with Gasteiger partial charge in [-0.2, -0.15) is 0 Å². The van der Waals surface area contributed by atoms with Crippen molar-refractivity contribution in [1.29, 1.82) is 5.41 Å². The van der Waals surface area contributed by atoms with Gasteiger partial charge in [-0.25, -0.2) is 0 Å². The first kappa shape index (κ1) is 18.1. The Hall–Kier alpha value is -3.28. The first-order chi connectivity index (χ1) is 12.0. The number of benzene rings is 2. The minimum atomic E-state index is -0.141. The SMILES string of the molecule is COc1ccc(C(=O)/C=C\c2ccc(OCC(=N)N)cc2)cc1OC. The zero-order chi connectivity index (χ0) is 18.2. The summed E-state index contributed by atoms with van der Waals surface area (Å²) in [6, 6.07) is 12.2. The van der Waals surface area contributed by atoms with Crippen LogP contribution < -0.4 is 19.9 Å². The first-order valence-corrected chi connectivity index (χ1v) is 7.53. The van der Waals surface area contributed by atoms with Gasteiger partial charge in [0, 0.05) is 5.56 Å². The van der Waals surface area contributed by atoms with Gasteiger partial charge in [0.1, 0.15) is 18.2 Å². The highest BCUT2D eigenvalue weighted by atomic mass is 16.5. The number of nitrogens with one attached hydrogen (secondary N) is 1. The summed E-state index contributed by atoms with van der Waals surface area (Å²) >= 11 is 0. The number of carbonyl (C=O) groups is 1. The second kappa shape index (κ2) is 8.54. The van der Waals surface area contributed by atoms with E-state index in [2.05, 4.69) is 0 Å². The highest BCUT2D eigenvalue weighted by Crippen LogP contribution is 2.27. The zero-order valence-electron chi connectivity index (χ0n) is 14.1. The summed E-state index contributed by atoms with van der Waals surface area (Å²) in [6.45, 7) is 0.0486. The maximum absolute atomic E-state index is 12.3. The van der Waals surface area contributed by atoms with Gasteiger partial charge in [0.05, 0.1) is 14.2 Å². The molecule has 0 atom stereocenters. The van der Waals surface area contributed by atoms with Crippen molar-refractivity contribution >= 4 is 17.7 Å². The number of rotatable bonds is 8. The molecule has 6 heteroatoms. The molecule has 130 valence electrons. The maximum Gasteiger partial charge on any atom is 0.185 e. The molecule has 0 heterocycles. The van der Waals surface area contributed by atoms with E-state index in [1.54, 1.807) is 43.5 Å². The zero-order valence-corrected chi connectivity index (χ0v) is 14.1. The number of hydrogen-bond donors (Lipinski definition) is 2. The second-order valence-corrected chi connectivity index (χ2v) is 5.15. The monoisotopic (exact) mass is 340 g/mol. The topological polar surface area (TPSA) is 94.6 Å². The molecule has 2 rings (SSSR count). The van der Waals surface area contributed by atoms with Crippen LogP contribution in [-0.2, 0) is 0 Å². The molecule has 2 aromatic rings.